The van der Waals surface area contributed by atoms with Crippen molar-refractivity contribution in [3.05, 3.63) is 47.5 Å². The minimum absolute atomic E-state index is 0.00652. The van der Waals surface area contributed by atoms with Gasteiger partial charge in [-0.1, -0.05) is 26.0 Å². The number of nitrogens with zero attached hydrogens (tertiary/aromatic N) is 1. The number of para-hydroxylation sites is 2. The maximum atomic E-state index is 9.95. The number of fused-ring (bicyclic) bond motifs is 1. The van der Waals surface area contributed by atoms with Crippen molar-refractivity contribution in [2.24, 2.45) is 0 Å². The Balaban J connectivity index is 1.50. The predicted molar refractivity (Wildman–Crippen MR) is 106 cm³/mol. The molecule has 0 spiro atoms. The Morgan fingerprint density at radius 3 is 2.70 bits per heavy atom. The van der Waals surface area contributed by atoms with E-state index in [1.165, 1.54) is 0 Å². The van der Waals surface area contributed by atoms with Crippen LogP contribution in [0.25, 0.3) is 0 Å². The van der Waals surface area contributed by atoms with E-state index < -0.39 is 0 Å². The van der Waals surface area contributed by atoms with Gasteiger partial charge in [0.25, 0.3) is 0 Å². The van der Waals surface area contributed by atoms with Crippen LogP contribution < -0.4 is 14.2 Å². The van der Waals surface area contributed by atoms with E-state index in [0.29, 0.717) is 19.0 Å². The fourth-order valence-corrected chi connectivity index (χ4v) is 3.17. The molecule has 146 valence electrons. The minimum atomic E-state index is 0.00652. The van der Waals surface area contributed by atoms with Crippen molar-refractivity contribution in [3.8, 4) is 23.0 Å². The average molecular weight is 371 g/mol. The van der Waals surface area contributed by atoms with Crippen LogP contribution in [-0.4, -0.2) is 49.5 Å². The van der Waals surface area contributed by atoms with E-state index in [2.05, 4.69) is 25.8 Å². The van der Waals surface area contributed by atoms with Crippen LogP contribution in [-0.2, 0) is 0 Å². The second-order valence-electron chi connectivity index (χ2n) is 7.44. The first-order valence-electron chi connectivity index (χ1n) is 9.47. The molecule has 1 unspecified atom stereocenters. The molecule has 3 rings (SSSR count). The molecule has 5 heteroatoms. The zero-order chi connectivity index (χ0) is 19.4. The number of ether oxygens (including phenoxy) is 3. The Labute approximate surface area is 161 Å². The maximum Gasteiger partial charge on any atom is 0.161 e. The average Bonchev–Trinajstić information content (AvgIpc) is 2.64. The van der Waals surface area contributed by atoms with Gasteiger partial charge in [-0.25, -0.2) is 0 Å². The van der Waals surface area contributed by atoms with Crippen molar-refractivity contribution in [3.63, 3.8) is 0 Å². The molecule has 1 aliphatic heterocycles. The highest BCUT2D eigenvalue weighted by Gasteiger charge is 2.22. The summed E-state index contributed by atoms with van der Waals surface area (Å²) in [6.45, 7) is 8.75. The van der Waals surface area contributed by atoms with Crippen molar-refractivity contribution in [2.45, 2.75) is 32.8 Å². The molecular formula is C22H29NO4. The van der Waals surface area contributed by atoms with Gasteiger partial charge in [0.15, 0.2) is 11.5 Å². The van der Waals surface area contributed by atoms with Crippen LogP contribution in [0.3, 0.4) is 0 Å². The van der Waals surface area contributed by atoms with E-state index in [1.807, 2.05) is 43.3 Å². The highest BCUT2D eigenvalue weighted by Crippen LogP contribution is 2.33. The molecule has 0 aliphatic carbocycles. The largest absolute Gasteiger partial charge is 0.508 e. The number of likely N-dealkylation sites (N-methyl/N-ethyl adjacent to an activating group) is 1. The SMILES string of the molecule is Cc1cc(OCCN(C)CC2COc3ccccc3O2)c(C(C)C)cc1O. The summed E-state index contributed by atoms with van der Waals surface area (Å²) in [6.07, 6.45) is 0.00652. The van der Waals surface area contributed by atoms with Crippen LogP contribution in [0.15, 0.2) is 36.4 Å². The number of aromatic hydroxyl groups is 1. The Bertz CT molecular complexity index is 775. The number of hydrogen-bond acceptors (Lipinski definition) is 5. The van der Waals surface area contributed by atoms with Crippen molar-refractivity contribution < 1.29 is 19.3 Å². The highest BCUT2D eigenvalue weighted by atomic mass is 16.6. The molecule has 2 aromatic carbocycles. The van der Waals surface area contributed by atoms with E-state index in [1.54, 1.807) is 0 Å². The summed E-state index contributed by atoms with van der Waals surface area (Å²) in [5.41, 5.74) is 1.86. The molecule has 1 aliphatic rings. The van der Waals surface area contributed by atoms with Crippen LogP contribution in [0.2, 0.25) is 0 Å². The van der Waals surface area contributed by atoms with Crippen LogP contribution in [0.1, 0.15) is 30.9 Å². The number of hydrogen-bond donors (Lipinski definition) is 1. The Morgan fingerprint density at radius 2 is 1.96 bits per heavy atom. The third-order valence-electron chi connectivity index (χ3n) is 4.76. The van der Waals surface area contributed by atoms with Crippen molar-refractivity contribution in [1.29, 1.82) is 0 Å². The number of phenolic OH excluding ortho intramolecular Hbond substituents is 1. The van der Waals surface area contributed by atoms with Crippen molar-refractivity contribution >= 4 is 0 Å². The second kappa shape index (κ2) is 8.53. The Hall–Kier alpha value is -2.40. The molecular weight excluding hydrogens is 342 g/mol. The van der Waals surface area contributed by atoms with Gasteiger partial charge in [-0.05, 0) is 49.7 Å². The van der Waals surface area contributed by atoms with Gasteiger partial charge >= 0.3 is 0 Å². The quantitative estimate of drug-likeness (QED) is 0.798. The van der Waals surface area contributed by atoms with Crippen molar-refractivity contribution in [1.82, 2.24) is 4.90 Å². The summed E-state index contributed by atoms with van der Waals surface area (Å²) >= 11 is 0. The number of rotatable bonds is 7. The van der Waals surface area contributed by atoms with Gasteiger partial charge in [0, 0.05) is 18.7 Å². The topological polar surface area (TPSA) is 51.2 Å². The minimum Gasteiger partial charge on any atom is -0.508 e. The molecule has 0 fully saturated rings. The first-order valence-corrected chi connectivity index (χ1v) is 9.47. The first-order chi connectivity index (χ1) is 12.9. The molecule has 0 saturated heterocycles. The Kier molecular flexibility index (Phi) is 6.11. The zero-order valence-corrected chi connectivity index (χ0v) is 16.6. The van der Waals surface area contributed by atoms with E-state index in [4.69, 9.17) is 14.2 Å². The monoisotopic (exact) mass is 371 g/mol. The number of aryl methyl sites for hydroxylation is 1. The fraction of sp³-hybridized carbons (Fsp3) is 0.455. The van der Waals surface area contributed by atoms with Gasteiger partial charge in [-0.2, -0.15) is 0 Å². The van der Waals surface area contributed by atoms with Gasteiger partial charge in [0.2, 0.25) is 0 Å². The number of benzene rings is 2. The smallest absolute Gasteiger partial charge is 0.161 e. The zero-order valence-electron chi connectivity index (χ0n) is 16.6. The third kappa shape index (κ3) is 4.86. The van der Waals surface area contributed by atoms with Crippen LogP contribution >= 0.6 is 0 Å². The van der Waals surface area contributed by atoms with Crippen LogP contribution in [0.4, 0.5) is 0 Å². The van der Waals surface area contributed by atoms with E-state index in [-0.39, 0.29) is 12.0 Å². The summed E-state index contributed by atoms with van der Waals surface area (Å²) in [5.74, 6) is 3.07. The third-order valence-corrected chi connectivity index (χ3v) is 4.76. The molecule has 1 heterocycles. The van der Waals surface area contributed by atoms with E-state index >= 15 is 0 Å². The molecule has 0 amide bonds. The lowest BCUT2D eigenvalue weighted by Gasteiger charge is -2.29. The van der Waals surface area contributed by atoms with Crippen molar-refractivity contribution in [2.75, 3.05) is 33.4 Å². The fourth-order valence-electron chi connectivity index (χ4n) is 3.17. The van der Waals surface area contributed by atoms with Gasteiger partial charge in [-0.15, -0.1) is 0 Å². The highest BCUT2D eigenvalue weighted by molar-refractivity contribution is 5.46. The van der Waals surface area contributed by atoms with Crippen LogP contribution in [0, 0.1) is 6.92 Å². The summed E-state index contributed by atoms with van der Waals surface area (Å²) in [5, 5.41) is 9.95. The summed E-state index contributed by atoms with van der Waals surface area (Å²) < 4.78 is 17.8. The normalized spacial score (nSPS) is 16.0. The summed E-state index contributed by atoms with van der Waals surface area (Å²) in [7, 11) is 2.05. The lowest BCUT2D eigenvalue weighted by atomic mass is 10.00. The molecule has 1 N–H and O–H groups in total. The molecule has 1 atom stereocenters. The molecule has 5 nitrogen and oxygen atoms in total. The van der Waals surface area contributed by atoms with Gasteiger partial charge in [0.1, 0.15) is 30.8 Å². The van der Waals surface area contributed by atoms with Gasteiger partial charge < -0.3 is 19.3 Å². The second-order valence-corrected chi connectivity index (χ2v) is 7.44. The van der Waals surface area contributed by atoms with Crippen LogP contribution in [0.5, 0.6) is 23.0 Å². The van der Waals surface area contributed by atoms with E-state index in [0.717, 1.165) is 41.5 Å². The molecule has 0 bridgehead atoms. The lowest BCUT2D eigenvalue weighted by molar-refractivity contribution is 0.0622. The maximum absolute atomic E-state index is 9.95. The summed E-state index contributed by atoms with van der Waals surface area (Å²) in [4.78, 5) is 2.18. The molecule has 0 saturated carbocycles. The summed E-state index contributed by atoms with van der Waals surface area (Å²) in [6, 6.07) is 11.5. The van der Waals surface area contributed by atoms with E-state index in [9.17, 15) is 5.11 Å². The lowest BCUT2D eigenvalue weighted by Crippen LogP contribution is -2.40. The predicted octanol–water partition coefficient (Wildman–Crippen LogP) is 3.97. The first kappa shape index (κ1) is 19.4. The molecule has 2 aromatic rings. The molecule has 27 heavy (non-hydrogen) atoms. The number of phenols is 1. The van der Waals surface area contributed by atoms with Gasteiger partial charge in [0.05, 0.1) is 0 Å². The van der Waals surface area contributed by atoms with Gasteiger partial charge in [-0.3, -0.25) is 4.90 Å². The molecule has 0 radical (unpaired) electrons. The Morgan fingerprint density at radius 1 is 1.22 bits per heavy atom. The molecule has 0 aromatic heterocycles. The standard InChI is InChI=1S/C22H29NO4/c1-15(2)18-12-19(24)16(3)11-22(18)25-10-9-23(4)13-17-14-26-20-7-5-6-8-21(20)27-17/h5-8,11-12,15,17,24H,9-10,13-14H2,1-4H3.